The number of fused-ring (bicyclic) bond motifs is 1. The van der Waals surface area contributed by atoms with Crippen molar-refractivity contribution in [3.63, 3.8) is 0 Å². The van der Waals surface area contributed by atoms with Crippen LogP contribution < -0.4 is 0 Å². The van der Waals surface area contributed by atoms with Crippen molar-refractivity contribution in [2.24, 2.45) is 0 Å². The van der Waals surface area contributed by atoms with Gasteiger partial charge in [-0.05, 0) is 26.8 Å². The first-order valence-corrected chi connectivity index (χ1v) is 7.93. The standard InChI is InChI=1S/C12H15N3O2S.C2HF3O2/c1-7-4-8(2)15-5-10(14-12(15)13-7)6-18-9(3)11(16)17;3-2(4,5)1(6)7/h4-5,9H,6H2,1-3H3,(H,16,17);(H,6,7). The molecule has 0 aromatic carbocycles. The van der Waals surface area contributed by atoms with E-state index >= 15 is 0 Å². The van der Waals surface area contributed by atoms with Crippen LogP contribution in [0, 0.1) is 13.8 Å². The van der Waals surface area contributed by atoms with Crippen LogP contribution in [0.5, 0.6) is 0 Å². The number of aryl methyl sites for hydroxylation is 2. The van der Waals surface area contributed by atoms with Gasteiger partial charge in [0.2, 0.25) is 5.78 Å². The van der Waals surface area contributed by atoms with Crippen LogP contribution in [0.15, 0.2) is 12.3 Å². The van der Waals surface area contributed by atoms with E-state index < -0.39 is 23.4 Å². The lowest BCUT2D eigenvalue weighted by Crippen LogP contribution is -2.21. The van der Waals surface area contributed by atoms with Gasteiger partial charge in [-0.15, -0.1) is 11.8 Å². The Bertz CT molecular complexity index is 777. The average Bonchev–Trinajstić information content (AvgIpc) is 2.87. The molecule has 0 amide bonds. The first kappa shape index (κ1) is 20.7. The molecular formula is C14H16F3N3O4S. The molecule has 0 aliphatic rings. The Labute approximate surface area is 144 Å². The summed E-state index contributed by atoms with van der Waals surface area (Å²) in [5, 5.41) is 15.5. The molecule has 2 rings (SSSR count). The molecule has 0 aliphatic heterocycles. The molecule has 0 bridgehead atoms. The Morgan fingerprint density at radius 1 is 1.28 bits per heavy atom. The summed E-state index contributed by atoms with van der Waals surface area (Å²) in [6.45, 7) is 5.61. The number of imidazole rings is 1. The van der Waals surface area contributed by atoms with E-state index in [1.54, 1.807) is 6.92 Å². The van der Waals surface area contributed by atoms with Crippen LogP contribution in [0.4, 0.5) is 13.2 Å². The summed E-state index contributed by atoms with van der Waals surface area (Å²) in [6.07, 6.45) is -3.17. The molecule has 1 unspecified atom stereocenters. The van der Waals surface area contributed by atoms with Crippen LogP contribution in [0.25, 0.3) is 5.78 Å². The molecule has 2 aromatic heterocycles. The number of thioether (sulfide) groups is 1. The van der Waals surface area contributed by atoms with Crippen molar-refractivity contribution in [2.75, 3.05) is 0 Å². The molecule has 0 saturated heterocycles. The minimum absolute atomic E-state index is 0.425. The second-order valence-corrected chi connectivity index (χ2v) is 6.36. The van der Waals surface area contributed by atoms with Crippen LogP contribution in [0.3, 0.4) is 0 Å². The minimum Gasteiger partial charge on any atom is -0.480 e. The van der Waals surface area contributed by atoms with E-state index in [1.165, 1.54) is 11.8 Å². The summed E-state index contributed by atoms with van der Waals surface area (Å²) in [5.74, 6) is -2.30. The van der Waals surface area contributed by atoms with Gasteiger partial charge in [0, 0.05) is 23.3 Å². The number of halogens is 3. The fourth-order valence-corrected chi connectivity index (χ4v) is 2.37. The first-order chi connectivity index (χ1) is 11.4. The van der Waals surface area contributed by atoms with Crippen molar-refractivity contribution < 1.29 is 33.0 Å². The lowest BCUT2D eigenvalue weighted by atomic mass is 10.3. The van der Waals surface area contributed by atoms with Gasteiger partial charge in [-0.3, -0.25) is 9.20 Å². The normalized spacial score (nSPS) is 12.4. The molecular weight excluding hydrogens is 363 g/mol. The van der Waals surface area contributed by atoms with Crippen molar-refractivity contribution >= 4 is 29.5 Å². The van der Waals surface area contributed by atoms with Gasteiger partial charge in [-0.2, -0.15) is 13.2 Å². The smallest absolute Gasteiger partial charge is 0.480 e. The maximum atomic E-state index is 10.7. The number of hydrogen-bond donors (Lipinski definition) is 2. The monoisotopic (exact) mass is 379 g/mol. The Balaban J connectivity index is 0.000000381. The number of carbonyl (C=O) groups is 2. The fraction of sp³-hybridized carbons (Fsp3) is 0.429. The molecule has 0 spiro atoms. The summed E-state index contributed by atoms with van der Waals surface area (Å²) in [6, 6.07) is 1.99. The molecule has 7 nitrogen and oxygen atoms in total. The van der Waals surface area contributed by atoms with E-state index in [4.69, 9.17) is 15.0 Å². The molecule has 1 atom stereocenters. The molecule has 138 valence electrons. The van der Waals surface area contributed by atoms with Crippen molar-refractivity contribution in [3.05, 3.63) is 29.3 Å². The fourth-order valence-electron chi connectivity index (χ4n) is 1.67. The van der Waals surface area contributed by atoms with Crippen molar-refractivity contribution in [1.29, 1.82) is 0 Å². The molecule has 11 heteroatoms. The Morgan fingerprint density at radius 3 is 2.32 bits per heavy atom. The number of carboxylic acid groups (broad SMARTS) is 2. The Morgan fingerprint density at radius 2 is 1.84 bits per heavy atom. The third-order valence-electron chi connectivity index (χ3n) is 2.88. The van der Waals surface area contributed by atoms with Crippen molar-refractivity contribution in [1.82, 2.24) is 14.4 Å². The zero-order valence-corrected chi connectivity index (χ0v) is 14.4. The summed E-state index contributed by atoms with van der Waals surface area (Å²) in [7, 11) is 0. The second-order valence-electron chi connectivity index (χ2n) is 5.04. The largest absolute Gasteiger partial charge is 0.490 e. The number of hydrogen-bond acceptors (Lipinski definition) is 5. The minimum atomic E-state index is -5.08. The highest BCUT2D eigenvalue weighted by Gasteiger charge is 2.38. The second kappa shape index (κ2) is 8.19. The van der Waals surface area contributed by atoms with Crippen molar-refractivity contribution in [3.8, 4) is 0 Å². The number of aromatic nitrogens is 3. The maximum Gasteiger partial charge on any atom is 0.490 e. The van der Waals surface area contributed by atoms with Crippen molar-refractivity contribution in [2.45, 2.75) is 38.0 Å². The molecule has 2 aromatic rings. The third kappa shape index (κ3) is 6.25. The number of nitrogens with zero attached hydrogens (tertiary/aromatic N) is 3. The molecule has 0 fully saturated rings. The van der Waals surface area contributed by atoms with Gasteiger partial charge in [0.05, 0.1) is 10.9 Å². The first-order valence-electron chi connectivity index (χ1n) is 6.88. The van der Waals surface area contributed by atoms with Crippen LogP contribution in [0.2, 0.25) is 0 Å². The SMILES string of the molecule is Cc1cc(C)n2cc(CSC(C)C(=O)O)nc2n1.O=C(O)C(F)(F)F. The number of aliphatic carboxylic acids is 2. The highest BCUT2D eigenvalue weighted by Crippen LogP contribution is 2.18. The summed E-state index contributed by atoms with van der Waals surface area (Å²) in [5.41, 5.74) is 2.87. The number of alkyl halides is 3. The van der Waals surface area contributed by atoms with Crippen LogP contribution in [-0.2, 0) is 15.3 Å². The molecule has 2 N–H and O–H groups in total. The molecule has 0 saturated carbocycles. The van der Waals surface area contributed by atoms with Gasteiger partial charge < -0.3 is 10.2 Å². The number of rotatable bonds is 4. The topological polar surface area (TPSA) is 105 Å². The van der Waals surface area contributed by atoms with Crippen LogP contribution in [0.1, 0.15) is 24.0 Å². The van der Waals surface area contributed by atoms with Crippen LogP contribution >= 0.6 is 11.8 Å². The molecule has 2 heterocycles. The van der Waals surface area contributed by atoms with Gasteiger partial charge >= 0.3 is 18.1 Å². The van der Waals surface area contributed by atoms with E-state index in [0.29, 0.717) is 11.5 Å². The zero-order chi connectivity index (χ0) is 19.4. The molecule has 0 radical (unpaired) electrons. The Hall–Kier alpha value is -2.30. The van der Waals surface area contributed by atoms with Gasteiger partial charge in [0.15, 0.2) is 0 Å². The predicted octanol–water partition coefficient (Wildman–Crippen LogP) is 2.69. The summed E-state index contributed by atoms with van der Waals surface area (Å²) < 4.78 is 33.7. The van der Waals surface area contributed by atoms with Gasteiger partial charge in [-0.1, -0.05) is 0 Å². The summed E-state index contributed by atoms with van der Waals surface area (Å²) in [4.78, 5) is 28.4. The lowest BCUT2D eigenvalue weighted by molar-refractivity contribution is -0.192. The average molecular weight is 379 g/mol. The van der Waals surface area contributed by atoms with Crippen LogP contribution in [-0.4, -0.2) is 47.9 Å². The van der Waals surface area contributed by atoms with Gasteiger partial charge in [0.1, 0.15) is 0 Å². The zero-order valence-electron chi connectivity index (χ0n) is 13.5. The van der Waals surface area contributed by atoms with Gasteiger partial charge in [0.25, 0.3) is 0 Å². The Kier molecular flexibility index (Phi) is 6.79. The molecule has 0 aliphatic carbocycles. The summed E-state index contributed by atoms with van der Waals surface area (Å²) >= 11 is 1.36. The third-order valence-corrected chi connectivity index (χ3v) is 4.05. The highest BCUT2D eigenvalue weighted by atomic mass is 32.2. The van der Waals surface area contributed by atoms with E-state index in [2.05, 4.69) is 9.97 Å². The van der Waals surface area contributed by atoms with E-state index in [-0.39, 0.29) is 0 Å². The molecule has 25 heavy (non-hydrogen) atoms. The number of carboxylic acids is 2. The van der Waals surface area contributed by atoms with Gasteiger partial charge in [-0.25, -0.2) is 14.8 Å². The quantitative estimate of drug-likeness (QED) is 0.841. The van der Waals surface area contributed by atoms with E-state index in [0.717, 1.165) is 17.1 Å². The highest BCUT2D eigenvalue weighted by molar-refractivity contribution is 7.99. The predicted molar refractivity (Wildman–Crippen MR) is 84.5 cm³/mol. The lowest BCUT2D eigenvalue weighted by Gasteiger charge is -2.02. The van der Waals surface area contributed by atoms with E-state index in [1.807, 2.05) is 30.5 Å². The van der Waals surface area contributed by atoms with E-state index in [9.17, 15) is 18.0 Å². The maximum absolute atomic E-state index is 10.7.